The number of likely N-dealkylation sites (N-methyl/N-ethyl adjacent to an activating group) is 1. The van der Waals surface area contributed by atoms with Gasteiger partial charge >= 0.3 is 0 Å². The number of hydrogen-bond donors (Lipinski definition) is 1. The summed E-state index contributed by atoms with van der Waals surface area (Å²) in [6.45, 7) is 8.56. The fraction of sp³-hybridized carbons (Fsp3) is 0.571. The summed E-state index contributed by atoms with van der Waals surface area (Å²) in [5.41, 5.74) is 2.88. The first-order valence-corrected chi connectivity index (χ1v) is 5.85. The van der Waals surface area contributed by atoms with Gasteiger partial charge in [0.15, 0.2) is 0 Å². The van der Waals surface area contributed by atoms with Gasteiger partial charge in [-0.1, -0.05) is 29.8 Å². The average molecular weight is 220 g/mol. The summed E-state index contributed by atoms with van der Waals surface area (Å²) in [4.78, 5) is 2.25. The number of nitrogens with one attached hydrogen (secondary N) is 1. The van der Waals surface area contributed by atoms with E-state index in [9.17, 15) is 0 Å². The zero-order valence-electron chi connectivity index (χ0n) is 11.2. The van der Waals surface area contributed by atoms with E-state index in [-0.39, 0.29) is 5.54 Å². The lowest BCUT2D eigenvalue weighted by atomic mass is 10.0. The van der Waals surface area contributed by atoms with Crippen molar-refractivity contribution in [1.82, 2.24) is 10.2 Å². The van der Waals surface area contributed by atoms with Crippen molar-refractivity contribution in [3.05, 3.63) is 35.4 Å². The van der Waals surface area contributed by atoms with Gasteiger partial charge in [-0.2, -0.15) is 0 Å². The highest BCUT2D eigenvalue weighted by Gasteiger charge is 2.19. The third kappa shape index (κ3) is 3.95. The normalized spacial score (nSPS) is 12.1. The Morgan fingerprint density at radius 3 is 2.50 bits per heavy atom. The molecular weight excluding hydrogens is 196 g/mol. The predicted octanol–water partition coefficient (Wildman–Crippen LogP) is 2.42. The monoisotopic (exact) mass is 220 g/mol. The van der Waals surface area contributed by atoms with E-state index in [4.69, 9.17) is 0 Å². The molecule has 1 rings (SSSR count). The number of rotatable bonds is 5. The Bertz CT molecular complexity index is 329. The molecule has 0 spiro atoms. The van der Waals surface area contributed by atoms with E-state index in [0.717, 1.165) is 13.1 Å². The van der Waals surface area contributed by atoms with E-state index in [1.807, 2.05) is 0 Å². The molecule has 0 aliphatic rings. The van der Waals surface area contributed by atoms with Gasteiger partial charge < -0.3 is 10.2 Å². The minimum atomic E-state index is 0.198. The van der Waals surface area contributed by atoms with Crippen LogP contribution in [0.15, 0.2) is 24.3 Å². The van der Waals surface area contributed by atoms with Crippen LogP contribution in [0.1, 0.15) is 25.0 Å². The zero-order chi connectivity index (χ0) is 12.2. The van der Waals surface area contributed by atoms with Crippen molar-refractivity contribution in [2.24, 2.45) is 0 Å². The molecule has 0 aliphatic heterocycles. The van der Waals surface area contributed by atoms with Gasteiger partial charge in [0.25, 0.3) is 0 Å². The summed E-state index contributed by atoms with van der Waals surface area (Å²) in [6, 6.07) is 8.65. The molecule has 16 heavy (non-hydrogen) atoms. The Balaban J connectivity index is 2.42. The van der Waals surface area contributed by atoms with Crippen LogP contribution in [-0.4, -0.2) is 31.1 Å². The van der Waals surface area contributed by atoms with Crippen molar-refractivity contribution in [2.45, 2.75) is 32.9 Å². The maximum Gasteiger partial charge on any atom is 0.0271 e. The fourth-order valence-corrected chi connectivity index (χ4v) is 1.49. The largest absolute Gasteiger partial charge is 0.311 e. The summed E-state index contributed by atoms with van der Waals surface area (Å²) in [6.07, 6.45) is 0. The van der Waals surface area contributed by atoms with Crippen LogP contribution in [0.4, 0.5) is 0 Å². The zero-order valence-corrected chi connectivity index (χ0v) is 11.2. The first-order valence-electron chi connectivity index (χ1n) is 5.85. The third-order valence-electron chi connectivity index (χ3n) is 3.18. The molecule has 0 saturated heterocycles. The van der Waals surface area contributed by atoms with Gasteiger partial charge in [-0.3, -0.25) is 0 Å². The standard InChI is InChI=1S/C14H24N2/c1-12-7-6-8-13(9-12)10-15-11-14(2,3)16(4)5/h6-9,15H,10-11H2,1-5H3. The molecule has 0 fully saturated rings. The second-order valence-corrected chi connectivity index (χ2v) is 5.30. The van der Waals surface area contributed by atoms with Crippen LogP contribution in [0.25, 0.3) is 0 Å². The summed E-state index contributed by atoms with van der Waals surface area (Å²) >= 11 is 0. The quantitative estimate of drug-likeness (QED) is 0.820. The van der Waals surface area contributed by atoms with Crippen LogP contribution >= 0.6 is 0 Å². The molecule has 90 valence electrons. The van der Waals surface area contributed by atoms with Crippen LogP contribution in [0.5, 0.6) is 0 Å². The number of nitrogens with zero attached hydrogens (tertiary/aromatic N) is 1. The number of benzene rings is 1. The van der Waals surface area contributed by atoms with Gasteiger partial charge in [0, 0.05) is 18.6 Å². The van der Waals surface area contributed by atoms with Crippen molar-refractivity contribution in [3.8, 4) is 0 Å². The van der Waals surface area contributed by atoms with Crippen molar-refractivity contribution in [3.63, 3.8) is 0 Å². The fourth-order valence-electron chi connectivity index (χ4n) is 1.49. The van der Waals surface area contributed by atoms with Gasteiger partial charge in [-0.05, 0) is 40.4 Å². The van der Waals surface area contributed by atoms with Crippen LogP contribution in [0.3, 0.4) is 0 Å². The van der Waals surface area contributed by atoms with Crippen LogP contribution in [0.2, 0.25) is 0 Å². The first kappa shape index (κ1) is 13.2. The molecule has 0 aliphatic carbocycles. The minimum Gasteiger partial charge on any atom is -0.311 e. The van der Waals surface area contributed by atoms with Gasteiger partial charge in [-0.15, -0.1) is 0 Å². The highest BCUT2D eigenvalue weighted by atomic mass is 15.2. The second-order valence-electron chi connectivity index (χ2n) is 5.30. The second kappa shape index (κ2) is 5.46. The molecule has 0 bridgehead atoms. The van der Waals surface area contributed by atoms with Gasteiger partial charge in [0.05, 0.1) is 0 Å². The van der Waals surface area contributed by atoms with Crippen molar-refractivity contribution in [1.29, 1.82) is 0 Å². The van der Waals surface area contributed by atoms with Gasteiger partial charge in [-0.25, -0.2) is 0 Å². The molecule has 0 heterocycles. The Hall–Kier alpha value is -0.860. The molecule has 1 aromatic rings. The smallest absolute Gasteiger partial charge is 0.0271 e. The summed E-state index contributed by atoms with van der Waals surface area (Å²) in [5.74, 6) is 0. The topological polar surface area (TPSA) is 15.3 Å². The Kier molecular flexibility index (Phi) is 4.51. The van der Waals surface area contributed by atoms with E-state index in [2.05, 4.69) is 69.3 Å². The molecule has 2 nitrogen and oxygen atoms in total. The predicted molar refractivity (Wildman–Crippen MR) is 70.7 cm³/mol. The molecule has 1 N–H and O–H groups in total. The van der Waals surface area contributed by atoms with E-state index in [1.165, 1.54) is 11.1 Å². The highest BCUT2D eigenvalue weighted by molar-refractivity contribution is 5.21. The van der Waals surface area contributed by atoms with Crippen LogP contribution in [0, 0.1) is 6.92 Å². The molecule has 1 aromatic carbocycles. The van der Waals surface area contributed by atoms with Gasteiger partial charge in [0.1, 0.15) is 0 Å². The third-order valence-corrected chi connectivity index (χ3v) is 3.18. The van der Waals surface area contributed by atoms with Crippen molar-refractivity contribution >= 4 is 0 Å². The summed E-state index contributed by atoms with van der Waals surface area (Å²) < 4.78 is 0. The van der Waals surface area contributed by atoms with Crippen LogP contribution < -0.4 is 5.32 Å². The highest BCUT2D eigenvalue weighted by Crippen LogP contribution is 2.09. The van der Waals surface area contributed by atoms with Crippen LogP contribution in [-0.2, 0) is 6.54 Å². The van der Waals surface area contributed by atoms with E-state index in [0.29, 0.717) is 0 Å². The lowest BCUT2D eigenvalue weighted by Crippen LogP contribution is -2.46. The lowest BCUT2D eigenvalue weighted by Gasteiger charge is -2.32. The number of hydrogen-bond acceptors (Lipinski definition) is 2. The first-order chi connectivity index (χ1) is 7.42. The number of aryl methyl sites for hydroxylation is 1. The molecular formula is C14H24N2. The summed E-state index contributed by atoms with van der Waals surface area (Å²) in [5, 5.41) is 3.51. The average Bonchev–Trinajstić information content (AvgIpc) is 2.17. The SMILES string of the molecule is Cc1cccc(CNCC(C)(C)N(C)C)c1. The van der Waals surface area contributed by atoms with Crippen molar-refractivity contribution < 1.29 is 0 Å². The molecule has 0 atom stereocenters. The molecule has 0 saturated carbocycles. The van der Waals surface area contributed by atoms with E-state index < -0.39 is 0 Å². The maximum absolute atomic E-state index is 3.51. The molecule has 0 aromatic heterocycles. The summed E-state index contributed by atoms with van der Waals surface area (Å²) in [7, 11) is 4.24. The molecule has 0 amide bonds. The molecule has 0 unspecified atom stereocenters. The Morgan fingerprint density at radius 1 is 1.25 bits per heavy atom. The molecule has 2 heteroatoms. The Labute approximate surface area is 99.7 Å². The lowest BCUT2D eigenvalue weighted by molar-refractivity contribution is 0.190. The minimum absolute atomic E-state index is 0.198. The maximum atomic E-state index is 3.51. The molecule has 0 radical (unpaired) electrons. The van der Waals surface area contributed by atoms with E-state index >= 15 is 0 Å². The van der Waals surface area contributed by atoms with Crippen molar-refractivity contribution in [2.75, 3.05) is 20.6 Å². The Morgan fingerprint density at radius 2 is 1.94 bits per heavy atom. The van der Waals surface area contributed by atoms with E-state index in [1.54, 1.807) is 0 Å². The van der Waals surface area contributed by atoms with Gasteiger partial charge in [0.2, 0.25) is 0 Å².